The zero-order chi connectivity index (χ0) is 19.3. The highest BCUT2D eigenvalue weighted by atomic mass is 32.2. The summed E-state index contributed by atoms with van der Waals surface area (Å²) in [7, 11) is -3.45. The Morgan fingerprint density at radius 2 is 1.85 bits per heavy atom. The van der Waals surface area contributed by atoms with Gasteiger partial charge in [-0.15, -0.1) is 0 Å². The lowest BCUT2D eigenvalue weighted by atomic mass is 10.2. The van der Waals surface area contributed by atoms with Crippen LogP contribution >= 0.6 is 0 Å². The molecular formula is C20H24N2O4S. The van der Waals surface area contributed by atoms with Crippen LogP contribution in [0.4, 0.5) is 10.5 Å². The Bertz CT molecular complexity index is 884. The topological polar surface area (TPSA) is 75.7 Å². The molecule has 1 fully saturated rings. The van der Waals surface area contributed by atoms with Gasteiger partial charge in [-0.3, -0.25) is 0 Å². The summed E-state index contributed by atoms with van der Waals surface area (Å²) in [6.07, 6.45) is 1.46. The van der Waals surface area contributed by atoms with Gasteiger partial charge in [0.2, 0.25) is 0 Å². The average Bonchev–Trinajstić information content (AvgIpc) is 3.12. The van der Waals surface area contributed by atoms with Crippen molar-refractivity contribution in [2.75, 3.05) is 24.2 Å². The summed E-state index contributed by atoms with van der Waals surface area (Å²) >= 11 is 0. The second kappa shape index (κ2) is 8.43. The van der Waals surface area contributed by atoms with Crippen LogP contribution in [0.2, 0.25) is 0 Å². The number of sulfone groups is 1. The molecule has 2 aromatic carbocycles. The largest absolute Gasteiger partial charge is 0.492 e. The van der Waals surface area contributed by atoms with Crippen LogP contribution < -0.4 is 10.1 Å². The third-order valence-electron chi connectivity index (χ3n) is 4.58. The fourth-order valence-electron chi connectivity index (χ4n) is 3.29. The van der Waals surface area contributed by atoms with Crippen molar-refractivity contribution in [1.29, 1.82) is 0 Å². The number of hydrogen-bond acceptors (Lipinski definition) is 4. The van der Waals surface area contributed by atoms with Gasteiger partial charge in [-0.2, -0.15) is 0 Å². The lowest BCUT2D eigenvalue weighted by Crippen LogP contribution is -2.42. The molecule has 0 aromatic heterocycles. The molecule has 1 heterocycles. The molecule has 2 amide bonds. The quantitative estimate of drug-likeness (QED) is 0.821. The van der Waals surface area contributed by atoms with Crippen LogP contribution in [0.1, 0.15) is 19.8 Å². The van der Waals surface area contributed by atoms with Crippen LogP contribution in [-0.2, 0) is 9.84 Å². The van der Waals surface area contributed by atoms with E-state index < -0.39 is 9.84 Å². The van der Waals surface area contributed by atoms with Gasteiger partial charge in [-0.1, -0.05) is 30.3 Å². The molecule has 0 saturated carbocycles. The number of nitrogens with zero attached hydrogens (tertiary/aromatic N) is 1. The molecule has 0 bridgehead atoms. The predicted octanol–water partition coefficient (Wildman–Crippen LogP) is 3.56. The summed E-state index contributed by atoms with van der Waals surface area (Å²) in [6.45, 7) is 2.91. The first-order valence-corrected chi connectivity index (χ1v) is 10.7. The van der Waals surface area contributed by atoms with Gasteiger partial charge in [0.05, 0.1) is 22.9 Å². The molecule has 2 aromatic rings. The Labute approximate surface area is 160 Å². The summed E-state index contributed by atoms with van der Waals surface area (Å²) in [5.74, 6) is 0.526. The van der Waals surface area contributed by atoms with Crippen molar-refractivity contribution >= 4 is 21.6 Å². The van der Waals surface area contributed by atoms with Gasteiger partial charge in [0.25, 0.3) is 0 Å². The van der Waals surface area contributed by atoms with E-state index in [1.807, 2.05) is 19.1 Å². The summed E-state index contributed by atoms with van der Waals surface area (Å²) in [4.78, 5) is 14.7. The van der Waals surface area contributed by atoms with Crippen LogP contribution in [0, 0.1) is 0 Å². The molecular weight excluding hydrogens is 364 g/mol. The van der Waals surface area contributed by atoms with Gasteiger partial charge in [0, 0.05) is 12.6 Å². The van der Waals surface area contributed by atoms with E-state index >= 15 is 0 Å². The molecule has 7 heteroatoms. The predicted molar refractivity (Wildman–Crippen MR) is 105 cm³/mol. The van der Waals surface area contributed by atoms with Crippen molar-refractivity contribution in [3.05, 3.63) is 54.6 Å². The number of nitrogens with one attached hydrogen (secondary N) is 1. The SMILES string of the molecule is CCOc1ccccc1NC(=O)N1CCC[C@@H]1CS(=O)(=O)c1ccccc1. The molecule has 1 N–H and O–H groups in total. The molecule has 0 unspecified atom stereocenters. The summed E-state index contributed by atoms with van der Waals surface area (Å²) in [5.41, 5.74) is 0.584. The number of carbonyl (C=O) groups excluding carboxylic acids is 1. The van der Waals surface area contributed by atoms with E-state index in [0.717, 1.165) is 6.42 Å². The van der Waals surface area contributed by atoms with Crippen molar-refractivity contribution in [2.24, 2.45) is 0 Å². The van der Waals surface area contributed by atoms with E-state index in [2.05, 4.69) is 5.32 Å². The Morgan fingerprint density at radius 3 is 2.59 bits per heavy atom. The summed E-state index contributed by atoms with van der Waals surface area (Å²) < 4.78 is 30.9. The van der Waals surface area contributed by atoms with E-state index in [0.29, 0.717) is 35.9 Å². The average molecular weight is 388 g/mol. The minimum atomic E-state index is -3.45. The number of hydrogen-bond donors (Lipinski definition) is 1. The third kappa shape index (κ3) is 4.60. The molecule has 1 aliphatic heterocycles. The second-order valence-corrected chi connectivity index (χ2v) is 8.48. The molecule has 1 aliphatic rings. The van der Waals surface area contributed by atoms with Crippen molar-refractivity contribution in [3.8, 4) is 5.75 Å². The standard InChI is InChI=1S/C20H24N2O4S/c1-2-26-19-13-7-6-12-18(19)21-20(23)22-14-8-9-16(22)15-27(24,25)17-10-4-3-5-11-17/h3-7,10-13,16H,2,8-9,14-15H2,1H3,(H,21,23)/t16-/m1/s1. The van der Waals surface area contributed by atoms with Crippen molar-refractivity contribution in [1.82, 2.24) is 4.90 Å². The van der Waals surface area contributed by atoms with Crippen LogP contribution in [0.25, 0.3) is 0 Å². The van der Waals surface area contributed by atoms with Gasteiger partial charge in [0.1, 0.15) is 5.75 Å². The van der Waals surface area contributed by atoms with Crippen LogP contribution in [0.15, 0.2) is 59.5 Å². The van der Waals surface area contributed by atoms with Gasteiger partial charge in [-0.05, 0) is 44.0 Å². The van der Waals surface area contributed by atoms with Gasteiger partial charge in [0.15, 0.2) is 9.84 Å². The Kier molecular flexibility index (Phi) is 6.01. The molecule has 0 radical (unpaired) electrons. The highest BCUT2D eigenvalue weighted by Crippen LogP contribution is 2.27. The monoisotopic (exact) mass is 388 g/mol. The molecule has 1 saturated heterocycles. The minimum absolute atomic E-state index is 0.0719. The van der Waals surface area contributed by atoms with Crippen LogP contribution in [0.5, 0.6) is 5.75 Å². The zero-order valence-electron chi connectivity index (χ0n) is 15.3. The van der Waals surface area contributed by atoms with E-state index in [1.54, 1.807) is 47.4 Å². The maximum absolute atomic E-state index is 12.8. The first-order chi connectivity index (χ1) is 13.0. The summed E-state index contributed by atoms with van der Waals surface area (Å²) in [5, 5.41) is 2.86. The number of para-hydroxylation sites is 2. The number of amides is 2. The first-order valence-electron chi connectivity index (χ1n) is 9.08. The minimum Gasteiger partial charge on any atom is -0.492 e. The molecule has 3 rings (SSSR count). The lowest BCUT2D eigenvalue weighted by Gasteiger charge is -2.25. The van der Waals surface area contributed by atoms with Crippen molar-refractivity contribution in [3.63, 3.8) is 0 Å². The number of urea groups is 1. The number of carbonyl (C=O) groups is 1. The Hall–Kier alpha value is -2.54. The van der Waals surface area contributed by atoms with Gasteiger partial charge < -0.3 is 15.0 Å². The van der Waals surface area contributed by atoms with Crippen LogP contribution in [-0.4, -0.2) is 44.3 Å². The fourth-order valence-corrected chi connectivity index (χ4v) is 4.91. The molecule has 1 atom stereocenters. The molecule has 27 heavy (non-hydrogen) atoms. The molecule has 144 valence electrons. The van der Waals surface area contributed by atoms with Crippen LogP contribution in [0.3, 0.4) is 0 Å². The first kappa shape index (κ1) is 19.2. The molecule has 0 aliphatic carbocycles. The van der Waals surface area contributed by atoms with Crippen molar-refractivity contribution in [2.45, 2.75) is 30.7 Å². The smallest absolute Gasteiger partial charge is 0.322 e. The van der Waals surface area contributed by atoms with Crippen molar-refractivity contribution < 1.29 is 17.9 Å². The van der Waals surface area contributed by atoms with Gasteiger partial charge in [-0.25, -0.2) is 13.2 Å². The second-order valence-electron chi connectivity index (χ2n) is 6.44. The highest BCUT2D eigenvalue weighted by Gasteiger charge is 2.33. The molecule has 6 nitrogen and oxygen atoms in total. The number of benzene rings is 2. The number of ether oxygens (including phenoxy) is 1. The maximum Gasteiger partial charge on any atom is 0.322 e. The van der Waals surface area contributed by atoms with Gasteiger partial charge >= 0.3 is 6.03 Å². The molecule has 0 spiro atoms. The Morgan fingerprint density at radius 1 is 1.15 bits per heavy atom. The lowest BCUT2D eigenvalue weighted by molar-refractivity contribution is 0.210. The number of likely N-dealkylation sites (tertiary alicyclic amines) is 1. The fraction of sp³-hybridized carbons (Fsp3) is 0.350. The third-order valence-corrected chi connectivity index (χ3v) is 6.39. The number of rotatable bonds is 6. The highest BCUT2D eigenvalue weighted by molar-refractivity contribution is 7.91. The van der Waals surface area contributed by atoms with E-state index in [4.69, 9.17) is 4.74 Å². The van der Waals surface area contributed by atoms with E-state index in [9.17, 15) is 13.2 Å². The number of anilines is 1. The normalized spacial score (nSPS) is 16.9. The van der Waals surface area contributed by atoms with E-state index in [-0.39, 0.29) is 17.8 Å². The zero-order valence-corrected chi connectivity index (χ0v) is 16.1. The Balaban J connectivity index is 1.72. The maximum atomic E-state index is 12.8. The van der Waals surface area contributed by atoms with E-state index in [1.165, 1.54) is 0 Å². The summed E-state index contributed by atoms with van der Waals surface area (Å²) in [6, 6.07) is 15.0.